The predicted octanol–water partition coefficient (Wildman–Crippen LogP) is 4.42. The second-order valence-corrected chi connectivity index (χ2v) is 10.5. The molecule has 4 atom stereocenters. The van der Waals surface area contributed by atoms with Crippen molar-refractivity contribution < 1.29 is 19.4 Å². The number of carbonyl (C=O) groups excluding carboxylic acids is 2. The van der Waals surface area contributed by atoms with E-state index in [0.29, 0.717) is 13.0 Å². The van der Waals surface area contributed by atoms with Crippen molar-refractivity contribution in [1.82, 2.24) is 15.5 Å². The van der Waals surface area contributed by atoms with E-state index in [1.807, 2.05) is 62.4 Å². The van der Waals surface area contributed by atoms with Crippen LogP contribution in [0, 0.1) is 5.41 Å². The molecule has 2 aromatic carbocycles. The number of ether oxygens (including phenoxy) is 1. The quantitative estimate of drug-likeness (QED) is 0.429. The molecule has 2 aromatic rings. The molecule has 36 heavy (non-hydrogen) atoms. The largest absolute Gasteiger partial charge is 0.444 e. The molecule has 196 valence electrons. The van der Waals surface area contributed by atoms with Crippen molar-refractivity contribution in [2.45, 2.75) is 77.8 Å². The summed E-state index contributed by atoms with van der Waals surface area (Å²) in [4.78, 5) is 28.0. The summed E-state index contributed by atoms with van der Waals surface area (Å²) in [6.45, 7) is 10.3. The molecule has 0 bridgehead atoms. The van der Waals surface area contributed by atoms with Gasteiger partial charge < -0.3 is 20.5 Å². The van der Waals surface area contributed by atoms with Gasteiger partial charge in [0.05, 0.1) is 12.1 Å². The summed E-state index contributed by atoms with van der Waals surface area (Å²) < 4.78 is 5.85. The molecule has 0 spiro atoms. The molecule has 1 saturated heterocycles. The van der Waals surface area contributed by atoms with E-state index in [2.05, 4.69) is 41.5 Å². The number of aliphatic hydroxyl groups is 1. The summed E-state index contributed by atoms with van der Waals surface area (Å²) >= 11 is 0. The second-order valence-electron chi connectivity index (χ2n) is 10.5. The predicted molar refractivity (Wildman–Crippen MR) is 141 cm³/mol. The van der Waals surface area contributed by atoms with Crippen LogP contribution in [-0.4, -0.2) is 53.3 Å². The molecule has 2 amide bonds. The van der Waals surface area contributed by atoms with Gasteiger partial charge in [0.2, 0.25) is 0 Å². The number of unbranched alkanes of at least 4 members (excludes halogenated alkanes) is 1. The van der Waals surface area contributed by atoms with Crippen molar-refractivity contribution in [1.29, 1.82) is 0 Å². The third kappa shape index (κ3) is 7.80. The summed E-state index contributed by atoms with van der Waals surface area (Å²) in [6, 6.07) is 18.8. The van der Waals surface area contributed by atoms with Crippen LogP contribution in [0.5, 0.6) is 0 Å². The van der Waals surface area contributed by atoms with Crippen molar-refractivity contribution in [2.24, 2.45) is 5.41 Å². The Morgan fingerprint density at radius 3 is 2.36 bits per heavy atom. The molecule has 7 nitrogen and oxygen atoms in total. The fourth-order valence-electron chi connectivity index (χ4n) is 4.74. The summed E-state index contributed by atoms with van der Waals surface area (Å²) in [7, 11) is 0. The van der Waals surface area contributed by atoms with Gasteiger partial charge >= 0.3 is 6.09 Å². The lowest BCUT2D eigenvalue weighted by atomic mass is 9.90. The number of nitrogens with one attached hydrogen (secondary N) is 2. The number of amides is 2. The number of alkyl carbamates (subject to hydrolysis) is 1. The van der Waals surface area contributed by atoms with Crippen LogP contribution in [0.3, 0.4) is 0 Å². The lowest BCUT2D eigenvalue weighted by molar-refractivity contribution is -0.131. The minimum Gasteiger partial charge on any atom is -0.444 e. The molecule has 3 N–H and O–H groups in total. The standard InChI is InChI=1S/C29H41N3O4/c1-5-6-17-24(26(33)27(34)30-21(2)23-15-11-8-12-16-23)31-28(35)36-25-19-32(20-29(25,3)4)18-22-13-9-7-10-14-22/h7-16,21,24-26,33H,5-6,17-20H2,1-4H3,(H,30,34)(H,31,35)/t21-,24+,25-,26?/m1/s1. The van der Waals surface area contributed by atoms with Crippen LogP contribution >= 0.6 is 0 Å². The Morgan fingerprint density at radius 2 is 1.72 bits per heavy atom. The molecular weight excluding hydrogens is 454 g/mol. The first kappa shape index (κ1) is 27.7. The van der Waals surface area contributed by atoms with Crippen molar-refractivity contribution in [2.75, 3.05) is 13.1 Å². The molecule has 0 radical (unpaired) electrons. The third-order valence-corrected chi connectivity index (χ3v) is 6.91. The summed E-state index contributed by atoms with van der Waals surface area (Å²) in [6.07, 6.45) is -0.138. The smallest absolute Gasteiger partial charge is 0.407 e. The monoisotopic (exact) mass is 495 g/mol. The van der Waals surface area contributed by atoms with Crippen molar-refractivity contribution >= 4 is 12.0 Å². The highest BCUT2D eigenvalue weighted by Crippen LogP contribution is 2.33. The summed E-state index contributed by atoms with van der Waals surface area (Å²) in [5, 5.41) is 16.5. The maximum atomic E-state index is 12.9. The average Bonchev–Trinajstić information content (AvgIpc) is 3.14. The van der Waals surface area contributed by atoms with Gasteiger partial charge in [0.15, 0.2) is 6.10 Å². The zero-order chi connectivity index (χ0) is 26.1. The Balaban J connectivity index is 1.58. The molecule has 7 heteroatoms. The number of nitrogens with zero attached hydrogens (tertiary/aromatic N) is 1. The van der Waals surface area contributed by atoms with Crippen LogP contribution in [0.1, 0.15) is 64.1 Å². The van der Waals surface area contributed by atoms with Crippen LogP contribution in [0.4, 0.5) is 4.79 Å². The fourth-order valence-corrected chi connectivity index (χ4v) is 4.74. The number of aliphatic hydroxyl groups excluding tert-OH is 1. The van der Waals surface area contributed by atoms with Gasteiger partial charge in [-0.3, -0.25) is 9.69 Å². The first-order valence-electron chi connectivity index (χ1n) is 13.0. The molecule has 0 aliphatic carbocycles. The van der Waals surface area contributed by atoms with Crippen molar-refractivity contribution in [3.05, 3.63) is 71.8 Å². The molecule has 1 fully saturated rings. The van der Waals surface area contributed by atoms with Crippen LogP contribution in [0.25, 0.3) is 0 Å². The Kier molecular flexibility index (Phi) is 9.90. The Morgan fingerprint density at radius 1 is 1.08 bits per heavy atom. The lowest BCUT2D eigenvalue weighted by Crippen LogP contribution is -2.52. The van der Waals surface area contributed by atoms with Crippen LogP contribution in [0.15, 0.2) is 60.7 Å². The van der Waals surface area contributed by atoms with Gasteiger partial charge in [0.1, 0.15) is 6.10 Å². The molecule has 1 heterocycles. The zero-order valence-corrected chi connectivity index (χ0v) is 21.9. The van der Waals surface area contributed by atoms with Crippen molar-refractivity contribution in [3.8, 4) is 0 Å². The maximum Gasteiger partial charge on any atom is 0.407 e. The van der Waals surface area contributed by atoms with E-state index in [1.165, 1.54) is 5.56 Å². The Hall–Kier alpha value is -2.90. The van der Waals surface area contributed by atoms with E-state index in [9.17, 15) is 14.7 Å². The van der Waals surface area contributed by atoms with E-state index < -0.39 is 24.1 Å². The van der Waals surface area contributed by atoms with Crippen LogP contribution < -0.4 is 10.6 Å². The first-order chi connectivity index (χ1) is 17.2. The number of rotatable bonds is 11. The number of hydrogen-bond acceptors (Lipinski definition) is 5. The van der Waals surface area contributed by atoms with Gasteiger partial charge in [-0.15, -0.1) is 0 Å². The zero-order valence-electron chi connectivity index (χ0n) is 21.9. The van der Waals surface area contributed by atoms with E-state index in [-0.39, 0.29) is 17.6 Å². The Bertz CT molecular complexity index is 967. The van der Waals surface area contributed by atoms with E-state index in [0.717, 1.165) is 31.5 Å². The number of carbonyl (C=O) groups is 2. The summed E-state index contributed by atoms with van der Waals surface area (Å²) in [5.74, 6) is -0.511. The highest BCUT2D eigenvalue weighted by atomic mass is 16.6. The maximum absolute atomic E-state index is 12.9. The first-order valence-corrected chi connectivity index (χ1v) is 13.0. The topological polar surface area (TPSA) is 90.9 Å². The van der Waals surface area contributed by atoms with Gasteiger partial charge in [0, 0.05) is 25.0 Å². The van der Waals surface area contributed by atoms with Crippen LogP contribution in [0.2, 0.25) is 0 Å². The molecule has 0 saturated carbocycles. The third-order valence-electron chi connectivity index (χ3n) is 6.91. The fraction of sp³-hybridized carbons (Fsp3) is 0.517. The Labute approximate surface area is 215 Å². The second kappa shape index (κ2) is 12.9. The van der Waals surface area contributed by atoms with E-state index in [1.54, 1.807) is 0 Å². The molecular formula is C29H41N3O4. The molecule has 1 unspecified atom stereocenters. The average molecular weight is 496 g/mol. The van der Waals surface area contributed by atoms with E-state index in [4.69, 9.17) is 4.74 Å². The summed E-state index contributed by atoms with van der Waals surface area (Å²) in [5.41, 5.74) is 1.95. The minimum absolute atomic E-state index is 0.216. The molecule has 1 aliphatic rings. The number of likely N-dealkylation sites (tertiary alicyclic amines) is 1. The van der Waals surface area contributed by atoms with Gasteiger partial charge in [0.25, 0.3) is 5.91 Å². The SMILES string of the molecule is CCCC[C@H](NC(=O)O[C@@H]1CN(Cc2ccccc2)CC1(C)C)C(O)C(=O)N[C@H](C)c1ccccc1. The van der Waals surface area contributed by atoms with Gasteiger partial charge in [-0.2, -0.15) is 0 Å². The minimum atomic E-state index is -1.37. The van der Waals surface area contributed by atoms with Gasteiger partial charge in [-0.05, 0) is 24.5 Å². The number of benzene rings is 2. The van der Waals surface area contributed by atoms with Gasteiger partial charge in [-0.1, -0.05) is 94.3 Å². The van der Waals surface area contributed by atoms with Crippen molar-refractivity contribution in [3.63, 3.8) is 0 Å². The molecule has 1 aliphatic heterocycles. The lowest BCUT2D eigenvalue weighted by Gasteiger charge is -2.28. The van der Waals surface area contributed by atoms with Gasteiger partial charge in [-0.25, -0.2) is 4.79 Å². The molecule has 0 aromatic heterocycles. The highest BCUT2D eigenvalue weighted by molar-refractivity contribution is 5.82. The van der Waals surface area contributed by atoms with Crippen LogP contribution in [-0.2, 0) is 16.1 Å². The van der Waals surface area contributed by atoms with E-state index >= 15 is 0 Å². The number of hydrogen-bond donors (Lipinski definition) is 3. The molecule has 3 rings (SSSR count). The highest BCUT2D eigenvalue weighted by Gasteiger charge is 2.42. The normalized spacial score (nSPS) is 19.8.